The summed E-state index contributed by atoms with van der Waals surface area (Å²) in [6, 6.07) is 14.1. The lowest BCUT2D eigenvalue weighted by Crippen LogP contribution is -2.07. The Hall–Kier alpha value is -2.20. The molecule has 0 saturated carbocycles. The number of aryl methyl sites for hydroxylation is 1. The average Bonchev–Trinajstić information content (AvgIpc) is 2.84. The Morgan fingerprint density at radius 3 is 2.68 bits per heavy atom. The summed E-state index contributed by atoms with van der Waals surface area (Å²) in [5.74, 6) is 0.778. The Morgan fingerprint density at radius 2 is 1.95 bits per heavy atom. The van der Waals surface area contributed by atoms with Gasteiger partial charge in [-0.05, 0) is 22.4 Å². The largest absolute Gasteiger partial charge is 0.388 e. The number of aromatic nitrogens is 3. The summed E-state index contributed by atoms with van der Waals surface area (Å²) in [6.45, 7) is 0. The highest BCUT2D eigenvalue weighted by atomic mass is 16.3. The van der Waals surface area contributed by atoms with Crippen LogP contribution in [0.2, 0.25) is 0 Å². The van der Waals surface area contributed by atoms with Crippen molar-refractivity contribution in [3.8, 4) is 0 Å². The standard InChI is InChI=1S/C15H15N3O/c1-18-15(16-10-17-18)9-14(19)13-7-6-11-4-2-3-5-12(11)8-13/h2-8,10,14,19H,9H2,1H3. The van der Waals surface area contributed by atoms with Gasteiger partial charge in [-0.3, -0.25) is 4.68 Å². The summed E-state index contributed by atoms with van der Waals surface area (Å²) >= 11 is 0. The van der Waals surface area contributed by atoms with Gasteiger partial charge in [0, 0.05) is 13.5 Å². The van der Waals surface area contributed by atoms with Crippen molar-refractivity contribution in [2.24, 2.45) is 7.05 Å². The molecule has 19 heavy (non-hydrogen) atoms. The summed E-state index contributed by atoms with van der Waals surface area (Å²) in [5, 5.41) is 16.6. The molecule has 2 aromatic carbocycles. The molecule has 0 radical (unpaired) electrons. The van der Waals surface area contributed by atoms with Crippen LogP contribution in [0.25, 0.3) is 10.8 Å². The lowest BCUT2D eigenvalue weighted by Gasteiger charge is -2.11. The van der Waals surface area contributed by atoms with Gasteiger partial charge in [-0.25, -0.2) is 4.98 Å². The van der Waals surface area contributed by atoms with E-state index in [0.717, 1.165) is 16.8 Å². The van der Waals surface area contributed by atoms with Crippen LogP contribution in [0.5, 0.6) is 0 Å². The third-order valence-electron chi connectivity index (χ3n) is 3.34. The molecule has 3 aromatic rings. The molecule has 4 heteroatoms. The van der Waals surface area contributed by atoms with E-state index < -0.39 is 6.10 Å². The van der Waals surface area contributed by atoms with Gasteiger partial charge >= 0.3 is 0 Å². The lowest BCUT2D eigenvalue weighted by atomic mass is 10.0. The summed E-state index contributed by atoms with van der Waals surface area (Å²) in [6.07, 6.45) is 1.41. The van der Waals surface area contributed by atoms with E-state index in [1.54, 1.807) is 4.68 Å². The minimum absolute atomic E-state index is 0.467. The van der Waals surface area contributed by atoms with Crippen LogP contribution in [0.4, 0.5) is 0 Å². The maximum atomic E-state index is 10.3. The maximum absolute atomic E-state index is 10.3. The van der Waals surface area contributed by atoms with Gasteiger partial charge in [0.2, 0.25) is 0 Å². The quantitative estimate of drug-likeness (QED) is 0.779. The van der Waals surface area contributed by atoms with E-state index >= 15 is 0 Å². The molecule has 1 N–H and O–H groups in total. The summed E-state index contributed by atoms with van der Waals surface area (Å²) in [5.41, 5.74) is 0.904. The monoisotopic (exact) mass is 253 g/mol. The molecule has 1 unspecified atom stereocenters. The van der Waals surface area contributed by atoms with Crippen molar-refractivity contribution in [1.82, 2.24) is 14.8 Å². The van der Waals surface area contributed by atoms with Gasteiger partial charge < -0.3 is 5.11 Å². The Bertz CT molecular complexity index is 705. The SMILES string of the molecule is Cn1ncnc1CC(O)c1ccc2ccccc2c1. The van der Waals surface area contributed by atoms with E-state index in [4.69, 9.17) is 0 Å². The molecule has 1 aromatic heterocycles. The van der Waals surface area contributed by atoms with Gasteiger partial charge in [0.15, 0.2) is 0 Å². The second-order valence-electron chi connectivity index (χ2n) is 4.63. The normalized spacial score (nSPS) is 12.7. The number of aliphatic hydroxyl groups excluding tert-OH is 1. The molecule has 0 amide bonds. The van der Waals surface area contributed by atoms with Crippen molar-refractivity contribution in [2.75, 3.05) is 0 Å². The lowest BCUT2D eigenvalue weighted by molar-refractivity contribution is 0.174. The zero-order chi connectivity index (χ0) is 13.2. The van der Waals surface area contributed by atoms with Gasteiger partial charge in [0.1, 0.15) is 12.2 Å². The molecule has 0 fully saturated rings. The average molecular weight is 253 g/mol. The number of rotatable bonds is 3. The molecule has 4 nitrogen and oxygen atoms in total. The van der Waals surface area contributed by atoms with Crippen LogP contribution in [0.15, 0.2) is 48.8 Å². The van der Waals surface area contributed by atoms with Crippen molar-refractivity contribution in [3.05, 3.63) is 60.2 Å². The number of hydrogen-bond acceptors (Lipinski definition) is 3. The van der Waals surface area contributed by atoms with E-state index in [2.05, 4.69) is 16.1 Å². The highest BCUT2D eigenvalue weighted by Gasteiger charge is 2.12. The Balaban J connectivity index is 1.89. The summed E-state index contributed by atoms with van der Waals surface area (Å²) in [4.78, 5) is 4.14. The fourth-order valence-electron chi connectivity index (χ4n) is 2.21. The van der Waals surface area contributed by atoms with E-state index in [0.29, 0.717) is 6.42 Å². The smallest absolute Gasteiger partial charge is 0.138 e. The third kappa shape index (κ3) is 2.35. The first-order valence-electron chi connectivity index (χ1n) is 6.23. The number of aliphatic hydroxyl groups is 1. The van der Waals surface area contributed by atoms with Crippen LogP contribution < -0.4 is 0 Å². The molecule has 0 saturated heterocycles. The Kier molecular flexibility index (Phi) is 3.01. The molecule has 0 aliphatic heterocycles. The van der Waals surface area contributed by atoms with E-state index in [-0.39, 0.29) is 0 Å². The highest BCUT2D eigenvalue weighted by molar-refractivity contribution is 5.83. The van der Waals surface area contributed by atoms with E-state index in [1.807, 2.05) is 43.4 Å². The molecule has 0 spiro atoms. The van der Waals surface area contributed by atoms with Crippen molar-refractivity contribution < 1.29 is 5.11 Å². The fraction of sp³-hybridized carbons (Fsp3) is 0.200. The molecule has 1 heterocycles. The summed E-state index contributed by atoms with van der Waals surface area (Å²) < 4.78 is 1.68. The van der Waals surface area contributed by atoms with Gasteiger partial charge in [0.05, 0.1) is 6.10 Å². The molecule has 3 rings (SSSR count). The van der Waals surface area contributed by atoms with Crippen LogP contribution in [0.1, 0.15) is 17.5 Å². The molecular formula is C15H15N3O. The first kappa shape index (κ1) is 11.9. The molecular weight excluding hydrogens is 238 g/mol. The predicted molar refractivity (Wildman–Crippen MR) is 73.6 cm³/mol. The topological polar surface area (TPSA) is 50.9 Å². The second-order valence-corrected chi connectivity index (χ2v) is 4.63. The molecule has 0 bridgehead atoms. The number of fused-ring (bicyclic) bond motifs is 1. The minimum Gasteiger partial charge on any atom is -0.388 e. The van der Waals surface area contributed by atoms with Gasteiger partial charge in [0.25, 0.3) is 0 Å². The highest BCUT2D eigenvalue weighted by Crippen LogP contribution is 2.22. The van der Waals surface area contributed by atoms with Crippen LogP contribution in [0.3, 0.4) is 0 Å². The number of hydrogen-bond donors (Lipinski definition) is 1. The van der Waals surface area contributed by atoms with Crippen molar-refractivity contribution in [2.45, 2.75) is 12.5 Å². The second kappa shape index (κ2) is 4.82. The minimum atomic E-state index is -0.562. The van der Waals surface area contributed by atoms with Crippen LogP contribution in [0, 0.1) is 0 Å². The molecule has 0 aliphatic rings. The Morgan fingerprint density at radius 1 is 1.16 bits per heavy atom. The molecule has 1 atom stereocenters. The Labute approximate surface area is 111 Å². The van der Waals surface area contributed by atoms with Crippen molar-refractivity contribution >= 4 is 10.8 Å². The van der Waals surface area contributed by atoms with Crippen LogP contribution in [-0.2, 0) is 13.5 Å². The maximum Gasteiger partial charge on any atom is 0.138 e. The van der Waals surface area contributed by atoms with Gasteiger partial charge in [-0.1, -0.05) is 36.4 Å². The number of benzene rings is 2. The number of nitrogens with zero attached hydrogens (tertiary/aromatic N) is 3. The fourth-order valence-corrected chi connectivity index (χ4v) is 2.21. The van der Waals surface area contributed by atoms with Crippen molar-refractivity contribution in [1.29, 1.82) is 0 Å². The van der Waals surface area contributed by atoms with E-state index in [1.165, 1.54) is 11.7 Å². The van der Waals surface area contributed by atoms with E-state index in [9.17, 15) is 5.11 Å². The van der Waals surface area contributed by atoms with Crippen LogP contribution >= 0.6 is 0 Å². The van der Waals surface area contributed by atoms with Crippen LogP contribution in [-0.4, -0.2) is 19.9 Å². The van der Waals surface area contributed by atoms with Crippen molar-refractivity contribution in [3.63, 3.8) is 0 Å². The molecule has 0 aliphatic carbocycles. The molecule has 96 valence electrons. The zero-order valence-corrected chi connectivity index (χ0v) is 10.7. The first-order valence-corrected chi connectivity index (χ1v) is 6.23. The first-order chi connectivity index (χ1) is 9.24. The van der Waals surface area contributed by atoms with Gasteiger partial charge in [-0.15, -0.1) is 0 Å². The summed E-state index contributed by atoms with van der Waals surface area (Å²) in [7, 11) is 1.83. The van der Waals surface area contributed by atoms with Gasteiger partial charge in [-0.2, -0.15) is 5.10 Å². The third-order valence-corrected chi connectivity index (χ3v) is 3.34. The predicted octanol–water partition coefficient (Wildman–Crippen LogP) is 2.24. The zero-order valence-electron chi connectivity index (χ0n) is 10.7.